The predicted octanol–water partition coefficient (Wildman–Crippen LogP) is 1.32. The molecule has 8 heteroatoms. The number of sulfonamides is 1. The molecule has 1 aromatic rings. The summed E-state index contributed by atoms with van der Waals surface area (Å²) in [5.74, 6) is 0.217. The lowest BCUT2D eigenvalue weighted by atomic mass is 9.98. The highest BCUT2D eigenvalue weighted by atomic mass is 35.5. The number of nitrogens with two attached hydrogens (primary N) is 1. The van der Waals surface area contributed by atoms with Crippen molar-refractivity contribution in [2.75, 3.05) is 32.7 Å². The van der Waals surface area contributed by atoms with Crippen molar-refractivity contribution < 1.29 is 13.2 Å². The zero-order valence-electron chi connectivity index (χ0n) is 14.2. The number of rotatable bonds is 4. The number of carbonyl (C=O) groups excluding carboxylic acids is 1. The van der Waals surface area contributed by atoms with Crippen LogP contribution in [0.2, 0.25) is 0 Å². The van der Waals surface area contributed by atoms with Crippen LogP contribution in [0.25, 0.3) is 0 Å². The molecule has 140 valence electrons. The first kappa shape index (κ1) is 20.2. The molecule has 0 saturated carbocycles. The fourth-order valence-electron chi connectivity index (χ4n) is 3.59. The van der Waals surface area contributed by atoms with Gasteiger partial charge in [0.25, 0.3) is 0 Å². The third kappa shape index (κ3) is 4.34. The highest BCUT2D eigenvalue weighted by Crippen LogP contribution is 2.26. The molecule has 1 amide bonds. The molecule has 0 aliphatic carbocycles. The first-order valence-corrected chi connectivity index (χ1v) is 10.0. The standard InChI is InChI=1S/C17H25N3O3S.ClH/c18-11-14-8-10-19(12-14)17(21)15-5-4-9-20(13-15)24(22,23)16-6-2-1-3-7-16;/h1-3,6-7,14-15H,4-5,8-13,18H2;1H. The number of likely N-dealkylation sites (tertiary alicyclic amines) is 1. The van der Waals surface area contributed by atoms with Gasteiger partial charge in [-0.2, -0.15) is 4.31 Å². The average molecular weight is 388 g/mol. The molecule has 2 unspecified atom stereocenters. The summed E-state index contributed by atoms with van der Waals surface area (Å²) >= 11 is 0. The van der Waals surface area contributed by atoms with Crippen molar-refractivity contribution in [1.29, 1.82) is 0 Å². The summed E-state index contributed by atoms with van der Waals surface area (Å²) < 4.78 is 27.0. The second-order valence-electron chi connectivity index (χ2n) is 6.69. The molecule has 2 heterocycles. The lowest BCUT2D eigenvalue weighted by molar-refractivity contribution is -0.135. The number of halogens is 1. The maximum Gasteiger partial charge on any atom is 0.243 e. The Morgan fingerprint density at radius 2 is 1.84 bits per heavy atom. The maximum absolute atomic E-state index is 12.8. The van der Waals surface area contributed by atoms with E-state index in [0.29, 0.717) is 30.4 Å². The van der Waals surface area contributed by atoms with Crippen molar-refractivity contribution in [1.82, 2.24) is 9.21 Å². The van der Waals surface area contributed by atoms with E-state index in [0.717, 1.165) is 25.8 Å². The van der Waals surface area contributed by atoms with Gasteiger partial charge in [0.15, 0.2) is 0 Å². The van der Waals surface area contributed by atoms with Crippen LogP contribution in [0.5, 0.6) is 0 Å². The number of amides is 1. The van der Waals surface area contributed by atoms with Crippen molar-refractivity contribution in [3.8, 4) is 0 Å². The van der Waals surface area contributed by atoms with Crippen molar-refractivity contribution in [2.24, 2.45) is 17.6 Å². The molecule has 3 rings (SSSR count). The zero-order valence-corrected chi connectivity index (χ0v) is 15.8. The smallest absolute Gasteiger partial charge is 0.243 e. The van der Waals surface area contributed by atoms with E-state index in [1.165, 1.54) is 4.31 Å². The number of carbonyl (C=O) groups is 1. The Kier molecular flexibility index (Phi) is 6.85. The number of nitrogens with zero attached hydrogens (tertiary/aromatic N) is 2. The minimum absolute atomic E-state index is 0. The second kappa shape index (κ2) is 8.49. The minimum Gasteiger partial charge on any atom is -0.342 e. The normalized spacial score (nSPS) is 24.8. The monoisotopic (exact) mass is 387 g/mol. The van der Waals surface area contributed by atoms with Gasteiger partial charge in [-0.1, -0.05) is 18.2 Å². The highest BCUT2D eigenvalue weighted by molar-refractivity contribution is 7.89. The summed E-state index contributed by atoms with van der Waals surface area (Å²) in [5, 5.41) is 0. The van der Waals surface area contributed by atoms with Gasteiger partial charge in [-0.15, -0.1) is 12.4 Å². The summed E-state index contributed by atoms with van der Waals surface area (Å²) in [6.45, 7) is 2.80. The molecule has 1 aromatic carbocycles. The molecular formula is C17H26ClN3O3S. The number of hydrogen-bond acceptors (Lipinski definition) is 4. The van der Waals surface area contributed by atoms with Crippen molar-refractivity contribution >= 4 is 28.3 Å². The molecule has 2 aliphatic heterocycles. The Hall–Kier alpha value is -1.15. The van der Waals surface area contributed by atoms with E-state index in [1.54, 1.807) is 30.3 Å². The Morgan fingerprint density at radius 1 is 1.12 bits per heavy atom. The van der Waals surface area contributed by atoms with Gasteiger partial charge >= 0.3 is 0 Å². The van der Waals surface area contributed by atoms with Crippen molar-refractivity contribution in [3.63, 3.8) is 0 Å². The van der Waals surface area contributed by atoms with E-state index in [-0.39, 0.29) is 30.8 Å². The molecule has 0 spiro atoms. The first-order chi connectivity index (χ1) is 11.5. The Labute approximate surface area is 155 Å². The predicted molar refractivity (Wildman–Crippen MR) is 98.9 cm³/mol. The van der Waals surface area contributed by atoms with E-state index in [9.17, 15) is 13.2 Å². The van der Waals surface area contributed by atoms with E-state index in [4.69, 9.17) is 5.73 Å². The molecule has 2 aliphatic rings. The fourth-order valence-corrected chi connectivity index (χ4v) is 5.13. The lowest BCUT2D eigenvalue weighted by Gasteiger charge is -2.33. The van der Waals surface area contributed by atoms with E-state index < -0.39 is 10.0 Å². The Bertz CT molecular complexity index is 684. The summed E-state index contributed by atoms with van der Waals surface area (Å²) in [4.78, 5) is 14.9. The van der Waals surface area contributed by atoms with Gasteiger partial charge in [0, 0.05) is 26.2 Å². The maximum atomic E-state index is 12.8. The number of benzene rings is 1. The van der Waals surface area contributed by atoms with E-state index in [2.05, 4.69) is 0 Å². The third-order valence-corrected chi connectivity index (χ3v) is 6.92. The molecular weight excluding hydrogens is 362 g/mol. The van der Waals surface area contributed by atoms with Gasteiger partial charge in [-0.25, -0.2) is 8.42 Å². The van der Waals surface area contributed by atoms with Gasteiger partial charge in [0.2, 0.25) is 15.9 Å². The quantitative estimate of drug-likeness (QED) is 0.844. The van der Waals surface area contributed by atoms with Crippen molar-refractivity contribution in [3.05, 3.63) is 30.3 Å². The highest BCUT2D eigenvalue weighted by Gasteiger charge is 2.36. The van der Waals surface area contributed by atoms with Crippen LogP contribution in [-0.2, 0) is 14.8 Å². The van der Waals surface area contributed by atoms with Crippen LogP contribution in [0.15, 0.2) is 35.2 Å². The summed E-state index contributed by atoms with van der Waals surface area (Å²) in [6.07, 6.45) is 2.42. The zero-order chi connectivity index (χ0) is 17.2. The van der Waals surface area contributed by atoms with Gasteiger partial charge in [-0.05, 0) is 43.9 Å². The summed E-state index contributed by atoms with van der Waals surface area (Å²) in [5.41, 5.74) is 5.69. The molecule has 2 atom stereocenters. The van der Waals surface area contributed by atoms with Crippen LogP contribution in [0, 0.1) is 11.8 Å². The van der Waals surface area contributed by atoms with Gasteiger partial charge in [-0.3, -0.25) is 4.79 Å². The van der Waals surface area contributed by atoms with Gasteiger partial charge < -0.3 is 10.6 Å². The van der Waals surface area contributed by atoms with Gasteiger partial charge in [0.1, 0.15) is 0 Å². The van der Waals surface area contributed by atoms with Gasteiger partial charge in [0.05, 0.1) is 10.8 Å². The SMILES string of the molecule is Cl.NCC1CCN(C(=O)C2CCCN(S(=O)(=O)c3ccccc3)C2)C1. The first-order valence-electron chi connectivity index (χ1n) is 8.56. The second-order valence-corrected chi connectivity index (χ2v) is 8.63. The summed E-state index contributed by atoms with van der Waals surface area (Å²) in [7, 11) is -3.52. The fraction of sp³-hybridized carbons (Fsp3) is 0.588. The Balaban J connectivity index is 0.00000225. The number of hydrogen-bond donors (Lipinski definition) is 1. The molecule has 2 fully saturated rings. The van der Waals surface area contributed by atoms with E-state index >= 15 is 0 Å². The molecule has 0 radical (unpaired) electrons. The molecule has 0 bridgehead atoms. The van der Waals surface area contributed by atoms with Crippen molar-refractivity contribution in [2.45, 2.75) is 24.2 Å². The molecule has 2 saturated heterocycles. The molecule has 25 heavy (non-hydrogen) atoms. The minimum atomic E-state index is -3.52. The topological polar surface area (TPSA) is 83.7 Å². The number of piperidine rings is 1. The van der Waals surface area contributed by atoms with E-state index in [1.807, 2.05) is 4.90 Å². The summed E-state index contributed by atoms with van der Waals surface area (Å²) in [6, 6.07) is 8.44. The largest absolute Gasteiger partial charge is 0.342 e. The third-order valence-electron chi connectivity index (χ3n) is 5.05. The molecule has 6 nitrogen and oxygen atoms in total. The Morgan fingerprint density at radius 3 is 2.48 bits per heavy atom. The van der Waals surface area contributed by atoms with Crippen LogP contribution in [-0.4, -0.2) is 56.3 Å². The van der Waals surface area contributed by atoms with Crippen LogP contribution >= 0.6 is 12.4 Å². The van der Waals surface area contributed by atoms with Crippen LogP contribution in [0.3, 0.4) is 0 Å². The van der Waals surface area contributed by atoms with Crippen LogP contribution < -0.4 is 5.73 Å². The average Bonchev–Trinajstić information content (AvgIpc) is 3.11. The lowest BCUT2D eigenvalue weighted by Crippen LogP contribution is -2.46. The van der Waals surface area contributed by atoms with Crippen LogP contribution in [0.1, 0.15) is 19.3 Å². The molecule has 0 aromatic heterocycles. The molecule has 2 N–H and O–H groups in total. The van der Waals surface area contributed by atoms with Crippen LogP contribution in [0.4, 0.5) is 0 Å².